The Bertz CT molecular complexity index is 312. The molecule has 0 heterocycles. The van der Waals surface area contributed by atoms with Crippen LogP contribution in [0, 0.1) is 0 Å². The monoisotopic (exact) mass is 229 g/mol. The molecule has 0 radical (unpaired) electrons. The maximum Gasteiger partial charge on any atom is 0.416 e. The molecule has 7 heteroatoms. The number of nitrogen functional groups attached to an aromatic ring is 1. The lowest BCUT2D eigenvalue weighted by atomic mass is 10.2. The molecular weight excluding hydrogens is 221 g/mol. The number of halogens is 5. The standard InChI is InChI=1S/C7H6F3NO.CH2F2/c8-7(9,10)4-1-2-6(12)5(11)3-4;2-1-3/h1-3,12H,11H2;1H2. The largest absolute Gasteiger partial charge is 0.506 e. The smallest absolute Gasteiger partial charge is 0.416 e. The fourth-order valence-electron chi connectivity index (χ4n) is 0.731. The first-order chi connectivity index (χ1) is 6.82. The third kappa shape index (κ3) is 4.48. The third-order valence-electron chi connectivity index (χ3n) is 1.35. The van der Waals surface area contributed by atoms with Gasteiger partial charge in [0, 0.05) is 0 Å². The van der Waals surface area contributed by atoms with E-state index in [1.54, 1.807) is 0 Å². The van der Waals surface area contributed by atoms with Crippen LogP contribution < -0.4 is 5.73 Å². The van der Waals surface area contributed by atoms with Crippen LogP contribution in [0.3, 0.4) is 0 Å². The molecule has 0 bridgehead atoms. The Balaban J connectivity index is 0.000000583. The van der Waals surface area contributed by atoms with E-state index in [1.165, 1.54) is 0 Å². The molecule has 0 fully saturated rings. The molecule has 0 saturated heterocycles. The summed E-state index contributed by atoms with van der Waals surface area (Å²) >= 11 is 0. The van der Waals surface area contributed by atoms with Crippen molar-refractivity contribution in [3.63, 3.8) is 0 Å². The molecule has 0 spiro atoms. The van der Waals surface area contributed by atoms with Gasteiger partial charge in [-0.05, 0) is 18.2 Å². The van der Waals surface area contributed by atoms with E-state index in [2.05, 4.69) is 0 Å². The fraction of sp³-hybridized carbons (Fsp3) is 0.250. The first-order valence-corrected chi connectivity index (χ1v) is 3.60. The molecule has 0 unspecified atom stereocenters. The molecule has 1 aromatic rings. The van der Waals surface area contributed by atoms with Crippen molar-refractivity contribution in [3.8, 4) is 5.75 Å². The van der Waals surface area contributed by atoms with Gasteiger partial charge in [0.05, 0.1) is 11.3 Å². The number of rotatable bonds is 0. The SMILES string of the molecule is FCF.Nc1cc(C(F)(F)F)ccc1O. The molecule has 86 valence electrons. The molecule has 15 heavy (non-hydrogen) atoms. The summed E-state index contributed by atoms with van der Waals surface area (Å²) < 4.78 is 55.1. The van der Waals surface area contributed by atoms with Crippen LogP contribution >= 0.6 is 0 Å². The number of alkyl halides is 5. The van der Waals surface area contributed by atoms with Gasteiger partial charge in [0.2, 0.25) is 6.93 Å². The van der Waals surface area contributed by atoms with Gasteiger partial charge >= 0.3 is 6.18 Å². The number of aromatic hydroxyl groups is 1. The lowest BCUT2D eigenvalue weighted by Gasteiger charge is -2.07. The van der Waals surface area contributed by atoms with Gasteiger partial charge in [-0.15, -0.1) is 0 Å². The summed E-state index contributed by atoms with van der Waals surface area (Å²) in [6, 6.07) is 2.37. The Morgan fingerprint density at radius 2 is 1.67 bits per heavy atom. The minimum atomic E-state index is -4.41. The van der Waals surface area contributed by atoms with E-state index in [0.29, 0.717) is 6.07 Å². The first-order valence-electron chi connectivity index (χ1n) is 3.60. The number of phenolic OH excluding ortho intramolecular Hbond substituents is 1. The van der Waals surface area contributed by atoms with Crippen LogP contribution in [0.5, 0.6) is 5.75 Å². The molecule has 0 aliphatic carbocycles. The summed E-state index contributed by atoms with van der Waals surface area (Å²) in [6.45, 7) is -1.75. The number of phenols is 1. The summed E-state index contributed by atoms with van der Waals surface area (Å²) in [5.74, 6) is -0.344. The van der Waals surface area contributed by atoms with Gasteiger partial charge in [-0.25, -0.2) is 8.78 Å². The van der Waals surface area contributed by atoms with E-state index in [0.717, 1.165) is 12.1 Å². The van der Waals surface area contributed by atoms with E-state index in [1.807, 2.05) is 0 Å². The zero-order chi connectivity index (χ0) is 12.1. The van der Waals surface area contributed by atoms with E-state index >= 15 is 0 Å². The predicted octanol–water partition coefficient (Wildman–Crippen LogP) is 2.88. The first kappa shape index (κ1) is 13.5. The highest BCUT2D eigenvalue weighted by Crippen LogP contribution is 2.32. The van der Waals surface area contributed by atoms with Crippen LogP contribution in [0.4, 0.5) is 27.6 Å². The van der Waals surface area contributed by atoms with Gasteiger partial charge < -0.3 is 10.8 Å². The van der Waals surface area contributed by atoms with Crippen LogP contribution in [0.1, 0.15) is 5.56 Å². The van der Waals surface area contributed by atoms with Crippen LogP contribution in [0.25, 0.3) is 0 Å². The second-order valence-electron chi connectivity index (χ2n) is 2.37. The van der Waals surface area contributed by atoms with Crippen molar-refractivity contribution in [2.24, 2.45) is 0 Å². The molecule has 0 amide bonds. The van der Waals surface area contributed by atoms with Gasteiger partial charge in [0.15, 0.2) is 0 Å². The number of hydrogen-bond acceptors (Lipinski definition) is 2. The summed E-state index contributed by atoms with van der Waals surface area (Å²) in [7, 11) is 0. The molecular formula is C8H8F5NO. The number of hydrogen-bond donors (Lipinski definition) is 2. The molecule has 0 aromatic heterocycles. The minimum absolute atomic E-state index is 0.273. The third-order valence-corrected chi connectivity index (χ3v) is 1.35. The Hall–Kier alpha value is -1.53. The average molecular weight is 229 g/mol. The molecule has 3 N–H and O–H groups in total. The second kappa shape index (κ2) is 5.38. The van der Waals surface area contributed by atoms with Crippen molar-refractivity contribution >= 4 is 5.69 Å². The Morgan fingerprint density at radius 3 is 2.00 bits per heavy atom. The minimum Gasteiger partial charge on any atom is -0.506 e. The topological polar surface area (TPSA) is 46.2 Å². The van der Waals surface area contributed by atoms with Gasteiger partial charge in [-0.1, -0.05) is 0 Å². The molecule has 0 aliphatic heterocycles. The van der Waals surface area contributed by atoms with Crippen molar-refractivity contribution in [2.75, 3.05) is 12.7 Å². The molecule has 1 rings (SSSR count). The van der Waals surface area contributed by atoms with Crippen molar-refractivity contribution in [1.82, 2.24) is 0 Å². The maximum absolute atomic E-state index is 12.0. The quantitative estimate of drug-likeness (QED) is 0.408. The zero-order valence-corrected chi connectivity index (χ0v) is 7.35. The van der Waals surface area contributed by atoms with E-state index in [4.69, 9.17) is 10.8 Å². The molecule has 2 nitrogen and oxygen atoms in total. The van der Waals surface area contributed by atoms with Crippen LogP contribution in [0.2, 0.25) is 0 Å². The van der Waals surface area contributed by atoms with Crippen LogP contribution in [0.15, 0.2) is 18.2 Å². The van der Waals surface area contributed by atoms with E-state index in [-0.39, 0.29) is 11.4 Å². The summed E-state index contributed by atoms with van der Waals surface area (Å²) in [5.41, 5.74) is 3.93. The van der Waals surface area contributed by atoms with Gasteiger partial charge in [-0.2, -0.15) is 13.2 Å². The van der Waals surface area contributed by atoms with Crippen molar-refractivity contribution in [1.29, 1.82) is 0 Å². The Kier molecular flexibility index (Phi) is 4.83. The van der Waals surface area contributed by atoms with Gasteiger partial charge in [0.1, 0.15) is 5.75 Å². The summed E-state index contributed by atoms with van der Waals surface area (Å²) in [5, 5.41) is 8.82. The van der Waals surface area contributed by atoms with Crippen molar-refractivity contribution < 1.29 is 27.1 Å². The molecule has 0 saturated carbocycles. The number of nitrogens with two attached hydrogens (primary N) is 1. The predicted molar refractivity (Wildman–Crippen MR) is 44.6 cm³/mol. The molecule has 0 atom stereocenters. The van der Waals surface area contributed by atoms with E-state index < -0.39 is 18.7 Å². The normalized spacial score (nSPS) is 10.5. The zero-order valence-electron chi connectivity index (χ0n) is 7.35. The second-order valence-corrected chi connectivity index (χ2v) is 2.37. The fourth-order valence-corrected chi connectivity index (χ4v) is 0.731. The van der Waals surface area contributed by atoms with Gasteiger partial charge in [-0.3, -0.25) is 0 Å². The van der Waals surface area contributed by atoms with E-state index in [9.17, 15) is 22.0 Å². The van der Waals surface area contributed by atoms with Crippen LogP contribution in [-0.2, 0) is 6.18 Å². The lowest BCUT2D eigenvalue weighted by Crippen LogP contribution is -2.05. The highest BCUT2D eigenvalue weighted by molar-refractivity contribution is 5.53. The Morgan fingerprint density at radius 1 is 1.20 bits per heavy atom. The summed E-state index contributed by atoms with van der Waals surface area (Å²) in [6.07, 6.45) is -4.41. The highest BCUT2D eigenvalue weighted by Gasteiger charge is 2.30. The Labute approximate surface area is 82.1 Å². The molecule has 1 aromatic carbocycles. The van der Waals surface area contributed by atoms with Crippen LogP contribution in [-0.4, -0.2) is 12.0 Å². The lowest BCUT2D eigenvalue weighted by molar-refractivity contribution is -0.137. The summed E-state index contributed by atoms with van der Waals surface area (Å²) in [4.78, 5) is 0. The number of anilines is 1. The molecule has 0 aliphatic rings. The van der Waals surface area contributed by atoms with Gasteiger partial charge in [0.25, 0.3) is 0 Å². The highest BCUT2D eigenvalue weighted by atomic mass is 19.4. The maximum atomic E-state index is 12.0. The average Bonchev–Trinajstić information content (AvgIpc) is 2.09. The number of benzene rings is 1. The van der Waals surface area contributed by atoms with Crippen molar-refractivity contribution in [2.45, 2.75) is 6.18 Å². The van der Waals surface area contributed by atoms with Crippen molar-refractivity contribution in [3.05, 3.63) is 23.8 Å².